The second-order valence-corrected chi connectivity index (χ2v) is 2.97. The van der Waals surface area contributed by atoms with Gasteiger partial charge in [-0.05, 0) is 12.8 Å². The van der Waals surface area contributed by atoms with Crippen molar-refractivity contribution in [2.75, 3.05) is 0 Å². The summed E-state index contributed by atoms with van der Waals surface area (Å²) in [6, 6.07) is 0. The minimum atomic E-state index is -0.778. The molecule has 0 aliphatic carbocycles. The zero-order valence-electron chi connectivity index (χ0n) is 7.64. The third kappa shape index (κ3) is 3.34. The molecule has 2 N–H and O–H groups in total. The number of nitroso groups, excluding NO2 is 1. The van der Waals surface area contributed by atoms with Crippen molar-refractivity contribution in [1.29, 1.82) is 0 Å². The van der Waals surface area contributed by atoms with Gasteiger partial charge in [0.05, 0.1) is 6.54 Å². The highest BCUT2D eigenvalue weighted by molar-refractivity contribution is 5.66. The summed E-state index contributed by atoms with van der Waals surface area (Å²) in [5.74, 6) is -0.498. The maximum Gasteiger partial charge on any atom is 0.303 e. The highest BCUT2D eigenvalue weighted by Gasteiger charge is 2.04. The predicted octanol–water partition coefficient (Wildman–Crippen LogP) is 0.955. The van der Waals surface area contributed by atoms with Crippen LogP contribution in [0.5, 0.6) is 0 Å². The van der Waals surface area contributed by atoms with E-state index in [9.17, 15) is 9.70 Å². The average molecular weight is 198 g/mol. The van der Waals surface area contributed by atoms with Crippen molar-refractivity contribution in [3.05, 3.63) is 17.4 Å². The molecule has 0 fully saturated rings. The largest absolute Gasteiger partial charge is 0.481 e. The lowest BCUT2D eigenvalue weighted by Gasteiger charge is -1.94. The van der Waals surface area contributed by atoms with Gasteiger partial charge in [-0.25, -0.2) is 9.55 Å². The van der Waals surface area contributed by atoms with Crippen molar-refractivity contribution in [1.82, 2.24) is 4.98 Å². The van der Waals surface area contributed by atoms with Gasteiger partial charge in [0, 0.05) is 11.6 Å². The van der Waals surface area contributed by atoms with E-state index in [0.29, 0.717) is 13.0 Å². The second-order valence-electron chi connectivity index (χ2n) is 2.97. The molecule has 0 bridgehead atoms. The van der Waals surface area contributed by atoms with E-state index in [4.69, 9.17) is 5.11 Å². The van der Waals surface area contributed by atoms with Crippen molar-refractivity contribution in [3.8, 4) is 0 Å². The number of nitrogens with one attached hydrogen (secondary N) is 1. The fraction of sp³-hybridized carbons (Fsp3) is 0.500. The fourth-order valence-corrected chi connectivity index (χ4v) is 1.13. The zero-order valence-corrected chi connectivity index (χ0v) is 7.64. The highest BCUT2D eigenvalue weighted by Crippen LogP contribution is 2.01. The van der Waals surface area contributed by atoms with Crippen molar-refractivity contribution >= 4 is 11.8 Å². The molecule has 0 amide bonds. The van der Waals surface area contributed by atoms with Crippen LogP contribution in [0.25, 0.3) is 0 Å². The average Bonchev–Trinajstić information content (AvgIpc) is 2.60. The van der Waals surface area contributed by atoms with Crippen LogP contribution in [0.4, 0.5) is 5.82 Å². The number of aliphatic carboxylic acids is 1. The molecule has 1 rings (SSSR count). The van der Waals surface area contributed by atoms with Crippen LogP contribution in [-0.4, -0.2) is 16.1 Å². The van der Waals surface area contributed by atoms with Gasteiger partial charge in [-0.1, -0.05) is 0 Å². The lowest BCUT2D eigenvalue weighted by Crippen LogP contribution is -2.30. The van der Waals surface area contributed by atoms with Crippen molar-refractivity contribution < 1.29 is 14.5 Å². The quantitative estimate of drug-likeness (QED) is 0.405. The second kappa shape index (κ2) is 5.11. The molecule has 0 unspecified atom stereocenters. The topological polar surface area (TPSA) is 86.4 Å². The number of nitrogens with zero attached hydrogens (tertiary/aromatic N) is 2. The lowest BCUT2D eigenvalue weighted by molar-refractivity contribution is -0.695. The molecule has 0 spiro atoms. The summed E-state index contributed by atoms with van der Waals surface area (Å²) in [6.45, 7) is 0.694. The summed E-state index contributed by atoms with van der Waals surface area (Å²) in [4.78, 5) is 22.9. The molecule has 0 aliphatic rings. The molecule has 0 saturated heterocycles. The van der Waals surface area contributed by atoms with Crippen LogP contribution in [0.1, 0.15) is 19.3 Å². The monoisotopic (exact) mass is 198 g/mol. The molecule has 0 aromatic carbocycles. The molecule has 76 valence electrons. The Hall–Kier alpha value is -1.72. The summed E-state index contributed by atoms with van der Waals surface area (Å²) >= 11 is 0. The van der Waals surface area contributed by atoms with E-state index in [1.807, 2.05) is 0 Å². The normalized spacial score (nSPS) is 10.0. The molecule has 0 aliphatic heterocycles. The van der Waals surface area contributed by atoms with Crippen LogP contribution in [0.3, 0.4) is 0 Å². The summed E-state index contributed by atoms with van der Waals surface area (Å²) in [5, 5.41) is 11.1. The first-order chi connectivity index (χ1) is 6.72. The molecule has 1 aromatic heterocycles. The van der Waals surface area contributed by atoms with Crippen LogP contribution in [0, 0.1) is 4.91 Å². The van der Waals surface area contributed by atoms with E-state index >= 15 is 0 Å². The van der Waals surface area contributed by atoms with E-state index in [0.717, 1.165) is 6.42 Å². The Balaban J connectivity index is 2.24. The minimum Gasteiger partial charge on any atom is -0.481 e. The first-order valence-electron chi connectivity index (χ1n) is 4.35. The van der Waals surface area contributed by atoms with E-state index in [2.05, 4.69) is 10.2 Å². The Bertz CT molecular complexity index is 321. The Morgan fingerprint density at radius 2 is 2.36 bits per heavy atom. The number of aryl methyl sites for hydroxylation is 1. The molecule has 0 atom stereocenters. The number of carboxylic acid groups (broad SMARTS) is 1. The molecule has 0 saturated carbocycles. The van der Waals surface area contributed by atoms with Crippen LogP contribution in [-0.2, 0) is 11.3 Å². The van der Waals surface area contributed by atoms with Gasteiger partial charge >= 0.3 is 5.97 Å². The number of carboxylic acids is 1. The van der Waals surface area contributed by atoms with Crippen LogP contribution < -0.4 is 4.57 Å². The standard InChI is InChI=1S/C8H11N3O3/c12-8(13)3-1-2-4-11-5-7(10-14)9-6-11/h5-6H,1-4H2,(H,12,13)/p+1. The van der Waals surface area contributed by atoms with Gasteiger partial charge in [0.15, 0.2) is 6.20 Å². The SMILES string of the molecule is O=Nc1c[n+](CCCCC(=O)O)c[nH]1. The molecule has 6 heteroatoms. The van der Waals surface area contributed by atoms with E-state index in [1.165, 1.54) is 0 Å². The van der Waals surface area contributed by atoms with Gasteiger partial charge in [-0.2, -0.15) is 0 Å². The number of aromatic amines is 1. The summed E-state index contributed by atoms with van der Waals surface area (Å²) in [7, 11) is 0. The fourth-order valence-electron chi connectivity index (χ4n) is 1.13. The van der Waals surface area contributed by atoms with Crippen LogP contribution in [0.2, 0.25) is 0 Å². The predicted molar refractivity (Wildman–Crippen MR) is 47.9 cm³/mol. The van der Waals surface area contributed by atoms with Gasteiger partial charge in [0.1, 0.15) is 0 Å². The maximum atomic E-state index is 10.2. The van der Waals surface area contributed by atoms with Gasteiger partial charge in [-0.15, -0.1) is 4.91 Å². The van der Waals surface area contributed by atoms with E-state index in [1.54, 1.807) is 17.1 Å². The number of imidazole rings is 1. The van der Waals surface area contributed by atoms with E-state index in [-0.39, 0.29) is 12.2 Å². The first-order valence-corrected chi connectivity index (χ1v) is 4.35. The summed E-state index contributed by atoms with van der Waals surface area (Å²) in [5.41, 5.74) is 0. The Labute approximate surface area is 80.5 Å². The number of unbranched alkanes of at least 4 members (excludes halogenated alkanes) is 1. The maximum absolute atomic E-state index is 10.2. The zero-order chi connectivity index (χ0) is 10.4. The lowest BCUT2D eigenvalue weighted by atomic mass is 10.2. The van der Waals surface area contributed by atoms with Crippen LogP contribution in [0.15, 0.2) is 17.7 Å². The van der Waals surface area contributed by atoms with Gasteiger partial charge in [0.25, 0.3) is 5.82 Å². The summed E-state index contributed by atoms with van der Waals surface area (Å²) < 4.78 is 1.78. The van der Waals surface area contributed by atoms with Crippen molar-refractivity contribution in [2.45, 2.75) is 25.8 Å². The number of rotatable bonds is 6. The number of hydrogen-bond acceptors (Lipinski definition) is 3. The Morgan fingerprint density at radius 1 is 1.57 bits per heavy atom. The number of H-pyrrole nitrogens is 1. The van der Waals surface area contributed by atoms with Crippen LogP contribution >= 0.6 is 0 Å². The molecular formula is C8H12N3O3+. The smallest absolute Gasteiger partial charge is 0.303 e. The minimum absolute atomic E-state index is 0.184. The van der Waals surface area contributed by atoms with Crippen molar-refractivity contribution in [3.63, 3.8) is 0 Å². The van der Waals surface area contributed by atoms with Gasteiger partial charge in [0.2, 0.25) is 6.33 Å². The van der Waals surface area contributed by atoms with Gasteiger partial charge < -0.3 is 5.11 Å². The molecule has 1 aromatic rings. The first kappa shape index (κ1) is 10.4. The molecular weight excluding hydrogens is 186 g/mol. The van der Waals surface area contributed by atoms with Crippen molar-refractivity contribution in [2.24, 2.45) is 5.18 Å². The molecule has 14 heavy (non-hydrogen) atoms. The van der Waals surface area contributed by atoms with E-state index < -0.39 is 5.97 Å². The third-order valence-corrected chi connectivity index (χ3v) is 1.82. The highest BCUT2D eigenvalue weighted by atomic mass is 16.4. The Morgan fingerprint density at radius 3 is 2.93 bits per heavy atom. The third-order valence-electron chi connectivity index (χ3n) is 1.82. The number of carbonyl (C=O) groups is 1. The summed E-state index contributed by atoms with van der Waals surface area (Å²) in [6.07, 6.45) is 4.82. The Kier molecular flexibility index (Phi) is 3.78. The van der Waals surface area contributed by atoms with Gasteiger partial charge in [-0.3, -0.25) is 4.79 Å². The number of hydrogen-bond donors (Lipinski definition) is 2. The molecule has 0 radical (unpaired) electrons. The molecule has 1 heterocycles. The number of aromatic nitrogens is 2. The molecule has 6 nitrogen and oxygen atoms in total.